The Hall–Kier alpha value is -0.650. The van der Waals surface area contributed by atoms with Crippen LogP contribution in [-0.4, -0.2) is 51.0 Å². The van der Waals surface area contributed by atoms with Gasteiger partial charge in [-0.1, -0.05) is 32.1 Å². The van der Waals surface area contributed by atoms with Gasteiger partial charge in [-0.3, -0.25) is 4.79 Å². The number of hydrogen-bond donors (Lipinski definition) is 2. The molecule has 2 N–H and O–H groups in total. The molecule has 0 bridgehead atoms. The molecule has 1 saturated heterocycles. The van der Waals surface area contributed by atoms with E-state index < -0.39 is 0 Å². The number of rotatable bonds is 11. The van der Waals surface area contributed by atoms with Gasteiger partial charge in [0.25, 0.3) is 0 Å². The molecule has 1 heterocycles. The summed E-state index contributed by atoms with van der Waals surface area (Å²) >= 11 is 0. The SMILES string of the molecule is CCOC(=O)CC(NCCOC1CCC(CC2CCCCC2)CC1)C1CCCNC1. The van der Waals surface area contributed by atoms with Gasteiger partial charge in [0.05, 0.1) is 25.7 Å². The first kappa shape index (κ1) is 24.0. The van der Waals surface area contributed by atoms with Crippen molar-refractivity contribution in [1.29, 1.82) is 0 Å². The summed E-state index contributed by atoms with van der Waals surface area (Å²) in [4.78, 5) is 12.0. The standard InChI is InChI=1S/C25H46N2O3/c1-2-29-25(28)18-24(22-9-6-14-26-19-22)27-15-16-30-23-12-10-21(11-13-23)17-20-7-4-3-5-8-20/h20-24,26-27H,2-19H2,1H3. The molecular formula is C25H46N2O3. The lowest BCUT2D eigenvalue weighted by Gasteiger charge is -2.33. The number of nitrogens with one attached hydrogen (secondary N) is 2. The van der Waals surface area contributed by atoms with Gasteiger partial charge in [0.1, 0.15) is 0 Å². The van der Waals surface area contributed by atoms with Crippen LogP contribution in [0.3, 0.4) is 0 Å². The fraction of sp³-hybridized carbons (Fsp3) is 0.960. The molecule has 30 heavy (non-hydrogen) atoms. The van der Waals surface area contributed by atoms with Gasteiger partial charge in [0.2, 0.25) is 0 Å². The van der Waals surface area contributed by atoms with Crippen LogP contribution >= 0.6 is 0 Å². The van der Waals surface area contributed by atoms with E-state index in [-0.39, 0.29) is 12.0 Å². The van der Waals surface area contributed by atoms with Crippen molar-refractivity contribution in [3.05, 3.63) is 0 Å². The predicted molar refractivity (Wildman–Crippen MR) is 122 cm³/mol. The first-order valence-corrected chi connectivity index (χ1v) is 13.0. The van der Waals surface area contributed by atoms with Crippen LogP contribution in [0.5, 0.6) is 0 Å². The van der Waals surface area contributed by atoms with Crippen LogP contribution < -0.4 is 10.6 Å². The van der Waals surface area contributed by atoms with E-state index >= 15 is 0 Å². The quantitative estimate of drug-likeness (QED) is 0.381. The van der Waals surface area contributed by atoms with Crippen LogP contribution in [0.1, 0.15) is 90.4 Å². The Morgan fingerprint density at radius 3 is 2.47 bits per heavy atom. The van der Waals surface area contributed by atoms with Crippen molar-refractivity contribution >= 4 is 5.97 Å². The highest BCUT2D eigenvalue weighted by Crippen LogP contribution is 2.35. The second-order valence-electron chi connectivity index (χ2n) is 9.93. The largest absolute Gasteiger partial charge is 0.466 e. The zero-order valence-electron chi connectivity index (χ0n) is 19.3. The van der Waals surface area contributed by atoms with Crippen molar-refractivity contribution in [1.82, 2.24) is 10.6 Å². The van der Waals surface area contributed by atoms with E-state index in [0.717, 1.165) is 38.1 Å². The zero-order valence-corrected chi connectivity index (χ0v) is 19.3. The Balaban J connectivity index is 1.30. The topological polar surface area (TPSA) is 59.6 Å². The van der Waals surface area contributed by atoms with E-state index in [2.05, 4.69) is 10.6 Å². The van der Waals surface area contributed by atoms with Crippen LogP contribution in [0.25, 0.3) is 0 Å². The highest BCUT2D eigenvalue weighted by atomic mass is 16.5. The van der Waals surface area contributed by atoms with E-state index in [9.17, 15) is 4.79 Å². The lowest BCUT2D eigenvalue weighted by Crippen LogP contribution is -2.46. The molecule has 0 amide bonds. The molecule has 1 aliphatic heterocycles. The summed E-state index contributed by atoms with van der Waals surface area (Å²) in [6, 6.07) is 0.187. The summed E-state index contributed by atoms with van der Waals surface area (Å²) in [6.45, 7) is 5.99. The third kappa shape index (κ3) is 8.47. The van der Waals surface area contributed by atoms with E-state index in [4.69, 9.17) is 9.47 Å². The van der Waals surface area contributed by atoms with Gasteiger partial charge < -0.3 is 20.1 Å². The van der Waals surface area contributed by atoms with Gasteiger partial charge in [0, 0.05) is 12.6 Å². The van der Waals surface area contributed by atoms with Gasteiger partial charge in [-0.2, -0.15) is 0 Å². The molecule has 0 spiro atoms. The second kappa shape index (κ2) is 13.7. The van der Waals surface area contributed by atoms with Gasteiger partial charge in [0.15, 0.2) is 0 Å². The molecule has 3 rings (SSSR count). The zero-order chi connectivity index (χ0) is 21.0. The molecule has 2 saturated carbocycles. The Kier molecular flexibility index (Phi) is 11.0. The van der Waals surface area contributed by atoms with Crippen molar-refractivity contribution in [2.75, 3.05) is 32.8 Å². The molecule has 2 atom stereocenters. The Morgan fingerprint density at radius 2 is 1.77 bits per heavy atom. The maximum Gasteiger partial charge on any atom is 0.307 e. The summed E-state index contributed by atoms with van der Waals surface area (Å²) in [6.07, 6.45) is 17.3. The number of ether oxygens (including phenoxy) is 2. The van der Waals surface area contributed by atoms with Gasteiger partial charge in [-0.25, -0.2) is 0 Å². The minimum absolute atomic E-state index is 0.0854. The summed E-state index contributed by atoms with van der Waals surface area (Å²) < 4.78 is 11.4. The molecule has 2 unspecified atom stereocenters. The molecule has 5 nitrogen and oxygen atoms in total. The van der Waals surface area contributed by atoms with Crippen LogP contribution in [0.2, 0.25) is 0 Å². The first-order chi connectivity index (χ1) is 14.7. The summed E-state index contributed by atoms with van der Waals surface area (Å²) in [5.74, 6) is 2.37. The Labute approximate surface area is 184 Å². The predicted octanol–water partition coefficient (Wildman–Crippen LogP) is 4.44. The van der Waals surface area contributed by atoms with Crippen molar-refractivity contribution < 1.29 is 14.3 Å². The third-order valence-corrected chi connectivity index (χ3v) is 7.64. The molecule has 2 aliphatic carbocycles. The smallest absolute Gasteiger partial charge is 0.307 e. The average molecular weight is 423 g/mol. The maximum absolute atomic E-state index is 12.0. The van der Waals surface area contributed by atoms with Crippen LogP contribution in [0.4, 0.5) is 0 Å². The molecular weight excluding hydrogens is 376 g/mol. The molecule has 0 aromatic heterocycles. The fourth-order valence-corrected chi connectivity index (χ4v) is 5.93. The van der Waals surface area contributed by atoms with Gasteiger partial charge in [-0.15, -0.1) is 0 Å². The van der Waals surface area contributed by atoms with Crippen LogP contribution in [-0.2, 0) is 14.3 Å². The van der Waals surface area contributed by atoms with E-state index in [1.807, 2.05) is 6.92 Å². The maximum atomic E-state index is 12.0. The molecule has 0 aromatic carbocycles. The van der Waals surface area contributed by atoms with Crippen molar-refractivity contribution in [2.45, 2.75) is 103 Å². The van der Waals surface area contributed by atoms with Crippen LogP contribution in [0.15, 0.2) is 0 Å². The molecule has 5 heteroatoms. The number of carbonyl (C=O) groups excluding carboxylic acids is 1. The fourth-order valence-electron chi connectivity index (χ4n) is 5.93. The summed E-state index contributed by atoms with van der Waals surface area (Å²) in [5, 5.41) is 7.09. The summed E-state index contributed by atoms with van der Waals surface area (Å²) in [5.41, 5.74) is 0. The van der Waals surface area contributed by atoms with E-state index in [0.29, 0.717) is 25.0 Å². The highest BCUT2D eigenvalue weighted by molar-refractivity contribution is 5.70. The number of carbonyl (C=O) groups is 1. The third-order valence-electron chi connectivity index (χ3n) is 7.64. The number of hydrogen-bond acceptors (Lipinski definition) is 5. The highest BCUT2D eigenvalue weighted by Gasteiger charge is 2.27. The summed E-state index contributed by atoms with van der Waals surface area (Å²) in [7, 11) is 0. The molecule has 0 aromatic rings. The minimum Gasteiger partial charge on any atom is -0.466 e. The molecule has 3 fully saturated rings. The lowest BCUT2D eigenvalue weighted by molar-refractivity contribution is -0.144. The second-order valence-corrected chi connectivity index (χ2v) is 9.93. The molecule has 0 radical (unpaired) electrons. The van der Waals surface area contributed by atoms with Gasteiger partial charge >= 0.3 is 5.97 Å². The Morgan fingerprint density at radius 1 is 1.00 bits per heavy atom. The van der Waals surface area contributed by atoms with Crippen molar-refractivity contribution in [3.63, 3.8) is 0 Å². The average Bonchev–Trinajstić information content (AvgIpc) is 2.78. The molecule has 3 aliphatic rings. The van der Waals surface area contributed by atoms with Gasteiger partial charge in [-0.05, 0) is 82.7 Å². The van der Waals surface area contributed by atoms with Crippen molar-refractivity contribution in [2.24, 2.45) is 17.8 Å². The lowest BCUT2D eigenvalue weighted by atomic mass is 9.77. The van der Waals surface area contributed by atoms with E-state index in [1.54, 1.807) is 0 Å². The molecule has 174 valence electrons. The Bertz CT molecular complexity index is 467. The van der Waals surface area contributed by atoms with Crippen molar-refractivity contribution in [3.8, 4) is 0 Å². The monoisotopic (exact) mass is 422 g/mol. The normalized spacial score (nSPS) is 29.4. The van der Waals surface area contributed by atoms with Crippen LogP contribution in [0, 0.1) is 17.8 Å². The minimum atomic E-state index is -0.0854. The van der Waals surface area contributed by atoms with E-state index in [1.165, 1.54) is 77.0 Å². The first-order valence-electron chi connectivity index (χ1n) is 13.0. The number of esters is 1. The number of piperidine rings is 1.